The molecule has 0 saturated heterocycles. The minimum atomic E-state index is -0.333. The molecule has 0 aliphatic rings. The molecule has 3 aromatic heterocycles. The summed E-state index contributed by atoms with van der Waals surface area (Å²) in [5.41, 5.74) is 6.92. The van der Waals surface area contributed by atoms with Gasteiger partial charge in [0.05, 0.1) is 25.2 Å². The van der Waals surface area contributed by atoms with Crippen LogP contribution in [0, 0.1) is 5.82 Å². The standard InChI is InChI=1S/C25H22FN5OS/c1-30-15-19(13-28-30)16-6-7-31-24(14-27-25(31)11-16)18-8-17(9-20(10-18)29-33-3)22-5-4-21(32-2)12-23(22)26/h4-15,29H,1-3H3. The first kappa shape index (κ1) is 21.1. The summed E-state index contributed by atoms with van der Waals surface area (Å²) in [4.78, 5) is 4.63. The van der Waals surface area contributed by atoms with Crippen LogP contribution in [0.5, 0.6) is 5.75 Å². The van der Waals surface area contributed by atoms with Crippen molar-refractivity contribution >= 4 is 23.3 Å². The summed E-state index contributed by atoms with van der Waals surface area (Å²) in [6, 6.07) is 14.9. The molecule has 0 aliphatic heterocycles. The maximum Gasteiger partial charge on any atom is 0.137 e. The molecule has 0 atom stereocenters. The maximum atomic E-state index is 14.8. The molecule has 0 bridgehead atoms. The molecule has 6 nitrogen and oxygen atoms in total. The van der Waals surface area contributed by atoms with Crippen molar-refractivity contribution < 1.29 is 9.13 Å². The molecule has 5 rings (SSSR count). The number of hydrogen-bond donors (Lipinski definition) is 1. The molecule has 3 heterocycles. The highest BCUT2D eigenvalue weighted by molar-refractivity contribution is 7.99. The highest BCUT2D eigenvalue weighted by Crippen LogP contribution is 2.34. The third-order valence-corrected chi connectivity index (χ3v) is 5.93. The normalized spacial score (nSPS) is 11.2. The van der Waals surface area contributed by atoms with E-state index in [0.717, 1.165) is 39.3 Å². The molecule has 0 aliphatic carbocycles. The monoisotopic (exact) mass is 459 g/mol. The molecule has 5 aromatic rings. The van der Waals surface area contributed by atoms with Crippen LogP contribution in [0.1, 0.15) is 0 Å². The van der Waals surface area contributed by atoms with Crippen LogP contribution < -0.4 is 9.46 Å². The molecule has 0 spiro atoms. The number of nitrogens with one attached hydrogen (secondary N) is 1. The summed E-state index contributed by atoms with van der Waals surface area (Å²) < 4.78 is 27.1. The molecule has 2 aromatic carbocycles. The van der Waals surface area contributed by atoms with Crippen molar-refractivity contribution in [1.82, 2.24) is 19.2 Å². The molecule has 0 saturated carbocycles. The number of nitrogens with zero attached hydrogens (tertiary/aromatic N) is 4. The number of benzene rings is 2. The Morgan fingerprint density at radius 2 is 1.82 bits per heavy atom. The second-order valence-electron chi connectivity index (χ2n) is 7.64. The molecule has 0 fully saturated rings. The Hall–Kier alpha value is -3.78. The molecule has 166 valence electrons. The SMILES string of the molecule is COc1ccc(-c2cc(NSC)cc(-c3cnc4cc(-c5cnn(C)c5)ccn34)c2)c(F)c1. The van der Waals surface area contributed by atoms with Crippen LogP contribution in [0.2, 0.25) is 0 Å². The van der Waals surface area contributed by atoms with Crippen LogP contribution in [0.25, 0.3) is 39.2 Å². The first-order chi connectivity index (χ1) is 16.1. The number of rotatable bonds is 6. The lowest BCUT2D eigenvalue weighted by Crippen LogP contribution is -1.94. The van der Waals surface area contributed by atoms with Gasteiger partial charge >= 0.3 is 0 Å². The average Bonchev–Trinajstić information content (AvgIpc) is 3.44. The van der Waals surface area contributed by atoms with Gasteiger partial charge in [-0.2, -0.15) is 5.10 Å². The third-order valence-electron chi connectivity index (χ3n) is 5.49. The zero-order chi connectivity index (χ0) is 22.9. The van der Waals surface area contributed by atoms with Gasteiger partial charge in [-0.05, 0) is 53.6 Å². The zero-order valence-corrected chi connectivity index (χ0v) is 19.2. The smallest absolute Gasteiger partial charge is 0.137 e. The van der Waals surface area contributed by atoms with Gasteiger partial charge in [0.1, 0.15) is 17.2 Å². The van der Waals surface area contributed by atoms with Crippen molar-refractivity contribution in [2.24, 2.45) is 7.05 Å². The summed E-state index contributed by atoms with van der Waals surface area (Å²) in [6.07, 6.45) is 9.61. The maximum absolute atomic E-state index is 14.8. The van der Waals surface area contributed by atoms with Gasteiger partial charge in [-0.3, -0.25) is 9.08 Å². The summed E-state index contributed by atoms with van der Waals surface area (Å²) in [7, 11) is 3.43. The molecule has 33 heavy (non-hydrogen) atoms. The molecule has 1 N–H and O–H groups in total. The van der Waals surface area contributed by atoms with E-state index >= 15 is 0 Å². The van der Waals surface area contributed by atoms with Crippen molar-refractivity contribution in [3.8, 4) is 39.3 Å². The summed E-state index contributed by atoms with van der Waals surface area (Å²) in [5.74, 6) is 0.155. The topological polar surface area (TPSA) is 56.4 Å². The second-order valence-corrected chi connectivity index (χ2v) is 8.25. The number of aromatic nitrogens is 4. The fraction of sp³-hybridized carbons (Fsp3) is 0.120. The van der Waals surface area contributed by atoms with Gasteiger partial charge in [0.15, 0.2) is 0 Å². The number of methoxy groups -OCH3 is 1. The van der Waals surface area contributed by atoms with Crippen molar-refractivity contribution in [3.05, 3.63) is 79.1 Å². The van der Waals surface area contributed by atoms with E-state index in [-0.39, 0.29) is 5.82 Å². The molecule has 0 unspecified atom stereocenters. The van der Waals surface area contributed by atoms with Crippen molar-refractivity contribution in [2.45, 2.75) is 0 Å². The molecule has 0 radical (unpaired) electrons. The number of anilines is 1. The van der Waals surface area contributed by atoms with Crippen LogP contribution in [0.15, 0.2) is 73.3 Å². The lowest BCUT2D eigenvalue weighted by Gasteiger charge is -2.12. The van der Waals surface area contributed by atoms with Crippen molar-refractivity contribution in [3.63, 3.8) is 0 Å². The Bertz CT molecular complexity index is 1460. The lowest BCUT2D eigenvalue weighted by molar-refractivity contribution is 0.411. The Labute approximate surface area is 195 Å². The summed E-state index contributed by atoms with van der Waals surface area (Å²) in [5, 5.41) is 4.25. The number of ether oxygens (including phenoxy) is 1. The van der Waals surface area contributed by atoms with Gasteiger partial charge in [0.2, 0.25) is 0 Å². The fourth-order valence-electron chi connectivity index (χ4n) is 3.91. The number of imidazole rings is 1. The highest BCUT2D eigenvalue weighted by atomic mass is 32.2. The minimum Gasteiger partial charge on any atom is -0.497 e. The summed E-state index contributed by atoms with van der Waals surface area (Å²) in [6.45, 7) is 0. The Balaban J connectivity index is 1.61. The lowest BCUT2D eigenvalue weighted by atomic mass is 10.00. The molecular weight excluding hydrogens is 437 g/mol. The number of hydrogen-bond acceptors (Lipinski definition) is 5. The van der Waals surface area contributed by atoms with Gasteiger partial charge in [0, 0.05) is 54.1 Å². The van der Waals surface area contributed by atoms with Crippen molar-refractivity contribution in [1.29, 1.82) is 0 Å². The fourth-order valence-corrected chi connectivity index (χ4v) is 4.26. The van der Waals surface area contributed by atoms with Gasteiger partial charge < -0.3 is 9.46 Å². The molecule has 8 heteroatoms. The van der Waals surface area contributed by atoms with Crippen LogP contribution in [-0.2, 0) is 7.05 Å². The number of fused-ring (bicyclic) bond motifs is 1. The molecule has 0 amide bonds. The minimum absolute atomic E-state index is 0.333. The van der Waals surface area contributed by atoms with E-state index in [9.17, 15) is 4.39 Å². The van der Waals surface area contributed by atoms with E-state index in [1.807, 2.05) is 72.8 Å². The van der Waals surface area contributed by atoms with E-state index in [2.05, 4.69) is 14.8 Å². The van der Waals surface area contributed by atoms with Crippen LogP contribution >= 0.6 is 11.9 Å². The average molecular weight is 460 g/mol. The van der Waals surface area contributed by atoms with E-state index in [0.29, 0.717) is 11.3 Å². The van der Waals surface area contributed by atoms with E-state index < -0.39 is 0 Å². The predicted molar refractivity (Wildman–Crippen MR) is 132 cm³/mol. The van der Waals surface area contributed by atoms with E-state index in [1.54, 1.807) is 16.8 Å². The molecular formula is C25H22FN5OS. The van der Waals surface area contributed by atoms with Crippen LogP contribution in [0.4, 0.5) is 10.1 Å². The van der Waals surface area contributed by atoms with Gasteiger partial charge in [-0.1, -0.05) is 11.9 Å². The quantitative estimate of drug-likeness (QED) is 0.320. The van der Waals surface area contributed by atoms with Crippen LogP contribution in [-0.4, -0.2) is 32.5 Å². The van der Waals surface area contributed by atoms with Gasteiger partial charge in [-0.25, -0.2) is 9.37 Å². The Morgan fingerprint density at radius 3 is 2.55 bits per heavy atom. The number of halogens is 1. The van der Waals surface area contributed by atoms with E-state index in [4.69, 9.17) is 4.74 Å². The zero-order valence-electron chi connectivity index (χ0n) is 18.4. The predicted octanol–water partition coefficient (Wildman–Crippen LogP) is 5.91. The third kappa shape index (κ3) is 4.05. The Morgan fingerprint density at radius 1 is 0.970 bits per heavy atom. The number of aryl methyl sites for hydroxylation is 1. The largest absolute Gasteiger partial charge is 0.497 e. The van der Waals surface area contributed by atoms with Crippen molar-refractivity contribution in [2.75, 3.05) is 18.1 Å². The van der Waals surface area contributed by atoms with Gasteiger partial charge in [0.25, 0.3) is 0 Å². The van der Waals surface area contributed by atoms with E-state index in [1.165, 1.54) is 25.1 Å². The Kier molecular flexibility index (Phi) is 5.51. The first-order valence-electron chi connectivity index (χ1n) is 10.3. The van der Waals surface area contributed by atoms with Crippen LogP contribution in [0.3, 0.4) is 0 Å². The number of pyridine rings is 1. The van der Waals surface area contributed by atoms with Gasteiger partial charge in [-0.15, -0.1) is 0 Å². The second kappa shape index (κ2) is 8.63. The highest BCUT2D eigenvalue weighted by Gasteiger charge is 2.13. The first-order valence-corrected chi connectivity index (χ1v) is 11.5. The summed E-state index contributed by atoms with van der Waals surface area (Å²) >= 11 is 1.49.